The van der Waals surface area contributed by atoms with E-state index in [2.05, 4.69) is 11.8 Å². The van der Waals surface area contributed by atoms with Gasteiger partial charge < -0.3 is 9.84 Å². The molecule has 1 saturated heterocycles. The fraction of sp³-hybridized carbons (Fsp3) is 0.600. The number of likely N-dealkylation sites (tertiary alicyclic amines) is 1. The molecule has 106 valence electrons. The number of ether oxygens (including phenoxy) is 1. The summed E-state index contributed by atoms with van der Waals surface area (Å²) in [4.78, 5) is 2.24. The quantitative estimate of drug-likeness (QED) is 0.913. The van der Waals surface area contributed by atoms with Crippen molar-refractivity contribution in [3.05, 3.63) is 29.6 Å². The molecule has 3 nitrogen and oxygen atoms in total. The molecule has 2 atom stereocenters. The molecule has 1 heterocycles. The van der Waals surface area contributed by atoms with Crippen molar-refractivity contribution >= 4 is 0 Å². The van der Waals surface area contributed by atoms with Gasteiger partial charge in [-0.25, -0.2) is 4.39 Å². The first-order valence-corrected chi connectivity index (χ1v) is 6.73. The molecule has 1 fully saturated rings. The second-order valence-electron chi connectivity index (χ2n) is 5.61. The Balaban J connectivity index is 2.17. The molecule has 0 radical (unpaired) electrons. The molecule has 1 aromatic carbocycles. The van der Waals surface area contributed by atoms with Crippen LogP contribution in [0.4, 0.5) is 4.39 Å². The van der Waals surface area contributed by atoms with Crippen molar-refractivity contribution in [1.29, 1.82) is 0 Å². The van der Waals surface area contributed by atoms with Crippen LogP contribution in [0.3, 0.4) is 0 Å². The Morgan fingerprint density at radius 3 is 2.84 bits per heavy atom. The molecule has 1 aromatic rings. The maximum Gasteiger partial charge on any atom is 0.131 e. The van der Waals surface area contributed by atoms with Crippen LogP contribution in [0.15, 0.2) is 18.2 Å². The van der Waals surface area contributed by atoms with E-state index < -0.39 is 0 Å². The standard InChI is InChI=1S/C15H22FNO2/c1-11(13-6-5-12(18)9-14(13)16)17-8-4-7-15(2,10-17)19-3/h5-6,9,11,18H,4,7-8,10H2,1-3H3. The van der Waals surface area contributed by atoms with Gasteiger partial charge in [0.25, 0.3) is 0 Å². The Labute approximate surface area is 114 Å². The van der Waals surface area contributed by atoms with Crippen molar-refractivity contribution in [2.24, 2.45) is 0 Å². The van der Waals surface area contributed by atoms with Gasteiger partial charge in [-0.15, -0.1) is 0 Å². The summed E-state index contributed by atoms with van der Waals surface area (Å²) in [6.07, 6.45) is 2.08. The SMILES string of the molecule is COC1(C)CCCN(C(C)c2ccc(O)cc2F)C1. The van der Waals surface area contributed by atoms with Crippen LogP contribution in [0.5, 0.6) is 5.75 Å². The minimum absolute atomic E-state index is 0.0182. The third kappa shape index (κ3) is 3.07. The zero-order valence-electron chi connectivity index (χ0n) is 11.8. The predicted octanol–water partition coefficient (Wildman–Crippen LogP) is 3.09. The van der Waals surface area contributed by atoms with Crippen LogP contribution in [0.25, 0.3) is 0 Å². The number of phenols is 1. The van der Waals surface area contributed by atoms with Gasteiger partial charge in [-0.2, -0.15) is 0 Å². The lowest BCUT2D eigenvalue weighted by molar-refractivity contribution is -0.0602. The lowest BCUT2D eigenvalue weighted by Gasteiger charge is -2.42. The van der Waals surface area contributed by atoms with Gasteiger partial charge in [0.1, 0.15) is 11.6 Å². The number of hydrogen-bond donors (Lipinski definition) is 1. The second kappa shape index (κ2) is 5.47. The lowest BCUT2D eigenvalue weighted by atomic mass is 9.92. The molecule has 0 spiro atoms. The van der Waals surface area contributed by atoms with Gasteiger partial charge in [0.05, 0.1) is 5.60 Å². The summed E-state index contributed by atoms with van der Waals surface area (Å²) in [6, 6.07) is 4.35. The molecule has 0 bridgehead atoms. The van der Waals surface area contributed by atoms with Crippen LogP contribution < -0.4 is 0 Å². The fourth-order valence-corrected chi connectivity index (χ4v) is 2.79. The lowest BCUT2D eigenvalue weighted by Crippen LogP contribution is -2.48. The topological polar surface area (TPSA) is 32.7 Å². The van der Waals surface area contributed by atoms with E-state index >= 15 is 0 Å². The molecule has 0 amide bonds. The Morgan fingerprint density at radius 1 is 1.47 bits per heavy atom. The summed E-state index contributed by atoms with van der Waals surface area (Å²) >= 11 is 0. The molecular weight excluding hydrogens is 245 g/mol. The molecule has 1 aliphatic rings. The number of hydrogen-bond acceptors (Lipinski definition) is 3. The molecule has 0 aromatic heterocycles. The fourth-order valence-electron chi connectivity index (χ4n) is 2.79. The van der Waals surface area contributed by atoms with E-state index in [1.165, 1.54) is 12.1 Å². The minimum Gasteiger partial charge on any atom is -0.508 e. The second-order valence-corrected chi connectivity index (χ2v) is 5.61. The molecule has 2 unspecified atom stereocenters. The molecule has 1 N–H and O–H groups in total. The maximum atomic E-state index is 13.9. The largest absolute Gasteiger partial charge is 0.508 e. The van der Waals surface area contributed by atoms with E-state index in [4.69, 9.17) is 4.74 Å². The first kappa shape index (κ1) is 14.3. The molecule has 4 heteroatoms. The van der Waals surface area contributed by atoms with Crippen molar-refractivity contribution < 1.29 is 14.2 Å². The van der Waals surface area contributed by atoms with Gasteiger partial charge in [0.2, 0.25) is 0 Å². The van der Waals surface area contributed by atoms with Crippen LogP contribution in [0, 0.1) is 5.82 Å². The number of aromatic hydroxyl groups is 1. The van der Waals surface area contributed by atoms with Gasteiger partial charge in [0, 0.05) is 31.3 Å². The zero-order chi connectivity index (χ0) is 14.0. The van der Waals surface area contributed by atoms with Crippen molar-refractivity contribution in [2.45, 2.75) is 38.3 Å². The van der Waals surface area contributed by atoms with Crippen molar-refractivity contribution in [3.63, 3.8) is 0 Å². The average Bonchev–Trinajstić information content (AvgIpc) is 2.38. The van der Waals surface area contributed by atoms with E-state index in [1.54, 1.807) is 13.2 Å². The van der Waals surface area contributed by atoms with E-state index in [0.717, 1.165) is 25.9 Å². The Kier molecular flexibility index (Phi) is 4.11. The highest BCUT2D eigenvalue weighted by atomic mass is 19.1. The van der Waals surface area contributed by atoms with Crippen LogP contribution in [0.2, 0.25) is 0 Å². The number of rotatable bonds is 3. The van der Waals surface area contributed by atoms with E-state index in [9.17, 15) is 9.50 Å². The summed E-state index contributed by atoms with van der Waals surface area (Å²) in [7, 11) is 1.73. The van der Waals surface area contributed by atoms with Gasteiger partial charge in [-0.3, -0.25) is 4.90 Å². The molecule has 0 aliphatic carbocycles. The van der Waals surface area contributed by atoms with Crippen LogP contribution in [0.1, 0.15) is 38.3 Å². The van der Waals surface area contributed by atoms with Crippen molar-refractivity contribution in [3.8, 4) is 5.75 Å². The first-order valence-electron chi connectivity index (χ1n) is 6.73. The summed E-state index contributed by atoms with van der Waals surface area (Å²) < 4.78 is 19.5. The van der Waals surface area contributed by atoms with Crippen molar-refractivity contribution in [1.82, 2.24) is 4.90 Å². The zero-order valence-corrected chi connectivity index (χ0v) is 11.8. The maximum absolute atomic E-state index is 13.9. The average molecular weight is 267 g/mol. The summed E-state index contributed by atoms with van der Waals surface area (Å²) in [5.74, 6) is -0.383. The van der Waals surface area contributed by atoms with Crippen LogP contribution in [-0.2, 0) is 4.74 Å². The van der Waals surface area contributed by atoms with Crippen LogP contribution >= 0.6 is 0 Å². The highest BCUT2D eigenvalue weighted by Crippen LogP contribution is 2.32. The Morgan fingerprint density at radius 2 is 2.21 bits per heavy atom. The molecule has 2 rings (SSSR count). The smallest absolute Gasteiger partial charge is 0.131 e. The predicted molar refractivity (Wildman–Crippen MR) is 72.7 cm³/mol. The third-order valence-electron chi connectivity index (χ3n) is 4.16. The summed E-state index contributed by atoms with van der Waals surface area (Å²) in [5.41, 5.74) is 0.470. The number of methoxy groups -OCH3 is 1. The van der Waals surface area contributed by atoms with E-state index in [1.807, 2.05) is 6.92 Å². The van der Waals surface area contributed by atoms with E-state index in [0.29, 0.717) is 5.56 Å². The summed E-state index contributed by atoms with van der Waals surface area (Å²) in [6.45, 7) is 5.83. The molecule has 0 saturated carbocycles. The van der Waals surface area contributed by atoms with Gasteiger partial charge in [-0.05, 0) is 39.3 Å². The minimum atomic E-state index is -0.350. The van der Waals surface area contributed by atoms with Gasteiger partial charge >= 0.3 is 0 Å². The monoisotopic (exact) mass is 267 g/mol. The number of phenolic OH excluding ortho intramolecular Hbond substituents is 1. The van der Waals surface area contributed by atoms with Gasteiger partial charge in [0.15, 0.2) is 0 Å². The Hall–Kier alpha value is -1.13. The highest BCUT2D eigenvalue weighted by molar-refractivity contribution is 5.29. The highest BCUT2D eigenvalue weighted by Gasteiger charge is 2.33. The van der Waals surface area contributed by atoms with Gasteiger partial charge in [-0.1, -0.05) is 6.07 Å². The van der Waals surface area contributed by atoms with Crippen LogP contribution in [-0.4, -0.2) is 35.8 Å². The van der Waals surface area contributed by atoms with Crippen molar-refractivity contribution in [2.75, 3.05) is 20.2 Å². The molecule has 1 aliphatic heterocycles. The molecular formula is C15H22FNO2. The number of piperidine rings is 1. The Bertz CT molecular complexity index is 452. The number of halogens is 1. The number of benzene rings is 1. The molecule has 19 heavy (non-hydrogen) atoms. The number of nitrogens with zero attached hydrogens (tertiary/aromatic N) is 1. The third-order valence-corrected chi connectivity index (χ3v) is 4.16. The normalized spacial score (nSPS) is 26.3. The first-order chi connectivity index (χ1) is 8.95. The van der Waals surface area contributed by atoms with E-state index in [-0.39, 0.29) is 23.2 Å². The summed E-state index contributed by atoms with van der Waals surface area (Å²) in [5, 5.41) is 9.28.